The first-order valence-electron chi connectivity index (χ1n) is 9.31. The van der Waals surface area contributed by atoms with E-state index in [0.29, 0.717) is 11.6 Å². The van der Waals surface area contributed by atoms with E-state index in [2.05, 4.69) is 32.6 Å². The Hall–Kier alpha value is -3.32. The number of hydrogen-bond acceptors (Lipinski definition) is 5. The molecule has 0 atom stereocenters. The molecule has 2 heterocycles. The van der Waals surface area contributed by atoms with Gasteiger partial charge in [0.2, 0.25) is 0 Å². The maximum atomic E-state index is 12.2. The van der Waals surface area contributed by atoms with E-state index in [0.717, 1.165) is 37.4 Å². The number of aromatic nitrogens is 1. The largest absolute Gasteiger partial charge is 0.369 e. The van der Waals surface area contributed by atoms with Crippen molar-refractivity contribution >= 4 is 23.2 Å². The number of anilines is 3. The molecule has 28 heavy (non-hydrogen) atoms. The molecular formula is C21H23N5O2. The van der Waals surface area contributed by atoms with Crippen molar-refractivity contribution in [3.63, 3.8) is 0 Å². The summed E-state index contributed by atoms with van der Waals surface area (Å²) in [7, 11) is 2.14. The predicted molar refractivity (Wildman–Crippen MR) is 111 cm³/mol. The van der Waals surface area contributed by atoms with E-state index >= 15 is 0 Å². The summed E-state index contributed by atoms with van der Waals surface area (Å²) in [6, 6.07) is 18.8. The molecule has 0 bridgehead atoms. The average Bonchev–Trinajstić information content (AvgIpc) is 3.18. The Kier molecular flexibility index (Phi) is 5.25. The highest BCUT2D eigenvalue weighted by atomic mass is 16.5. The highest BCUT2D eigenvalue weighted by Gasteiger charge is 2.14. The minimum absolute atomic E-state index is 0.361. The van der Waals surface area contributed by atoms with Gasteiger partial charge >= 0.3 is 6.03 Å². The normalized spacial score (nSPS) is 14.7. The van der Waals surface area contributed by atoms with Crippen LogP contribution in [0.4, 0.5) is 22.0 Å². The first-order valence-corrected chi connectivity index (χ1v) is 9.31. The van der Waals surface area contributed by atoms with Crippen molar-refractivity contribution in [2.75, 3.05) is 48.8 Å². The van der Waals surface area contributed by atoms with E-state index in [4.69, 9.17) is 4.52 Å². The van der Waals surface area contributed by atoms with E-state index in [9.17, 15) is 4.79 Å². The van der Waals surface area contributed by atoms with Gasteiger partial charge in [0.15, 0.2) is 11.6 Å². The molecule has 1 aromatic heterocycles. The summed E-state index contributed by atoms with van der Waals surface area (Å²) in [4.78, 5) is 16.9. The molecule has 1 aliphatic rings. The fourth-order valence-electron chi connectivity index (χ4n) is 3.17. The molecule has 4 rings (SSSR count). The molecule has 0 unspecified atom stereocenters. The Morgan fingerprint density at radius 3 is 2.39 bits per heavy atom. The zero-order valence-corrected chi connectivity index (χ0v) is 15.8. The molecule has 0 spiro atoms. The van der Waals surface area contributed by atoms with Crippen molar-refractivity contribution < 1.29 is 9.32 Å². The second-order valence-electron chi connectivity index (χ2n) is 6.86. The minimum atomic E-state index is -0.361. The van der Waals surface area contributed by atoms with E-state index in [1.807, 2.05) is 54.6 Å². The van der Waals surface area contributed by atoms with Gasteiger partial charge in [-0.1, -0.05) is 35.5 Å². The van der Waals surface area contributed by atoms with Gasteiger partial charge in [-0.15, -0.1) is 0 Å². The molecule has 1 fully saturated rings. The first kappa shape index (κ1) is 18.1. The summed E-state index contributed by atoms with van der Waals surface area (Å²) in [5.41, 5.74) is 2.80. The van der Waals surface area contributed by atoms with Crippen LogP contribution >= 0.6 is 0 Å². The molecular weight excluding hydrogens is 354 g/mol. The predicted octanol–water partition coefficient (Wildman–Crippen LogP) is 3.74. The third kappa shape index (κ3) is 4.32. The zero-order chi connectivity index (χ0) is 19.3. The van der Waals surface area contributed by atoms with Gasteiger partial charge in [-0.3, -0.25) is 5.32 Å². The maximum absolute atomic E-state index is 12.2. The SMILES string of the molecule is CN1CCN(c2ccc(NC(=O)Nc3cc(-c4ccccc4)on3)cc2)CC1. The lowest BCUT2D eigenvalue weighted by Crippen LogP contribution is -2.44. The van der Waals surface area contributed by atoms with Gasteiger partial charge in [-0.25, -0.2) is 4.79 Å². The minimum Gasteiger partial charge on any atom is -0.369 e. The van der Waals surface area contributed by atoms with Gasteiger partial charge < -0.3 is 19.6 Å². The lowest BCUT2D eigenvalue weighted by atomic mass is 10.2. The molecule has 1 saturated heterocycles. The Bertz CT molecular complexity index is 915. The van der Waals surface area contributed by atoms with Crippen LogP contribution in [0.1, 0.15) is 0 Å². The topological polar surface area (TPSA) is 73.6 Å². The van der Waals surface area contributed by atoms with Crippen LogP contribution in [0, 0.1) is 0 Å². The van der Waals surface area contributed by atoms with Crippen molar-refractivity contribution in [1.82, 2.24) is 10.1 Å². The molecule has 0 aliphatic carbocycles. The van der Waals surface area contributed by atoms with Crippen molar-refractivity contribution in [2.24, 2.45) is 0 Å². The molecule has 1 aliphatic heterocycles. The number of nitrogens with one attached hydrogen (secondary N) is 2. The number of likely N-dealkylation sites (N-methyl/N-ethyl adjacent to an activating group) is 1. The van der Waals surface area contributed by atoms with Gasteiger partial charge in [-0.2, -0.15) is 0 Å². The summed E-state index contributed by atoms with van der Waals surface area (Å²) in [5, 5.41) is 9.41. The van der Waals surface area contributed by atoms with Crippen LogP contribution < -0.4 is 15.5 Å². The Morgan fingerprint density at radius 1 is 0.964 bits per heavy atom. The molecule has 7 nitrogen and oxygen atoms in total. The lowest BCUT2D eigenvalue weighted by molar-refractivity contribution is 0.262. The van der Waals surface area contributed by atoms with Crippen LogP contribution in [0.15, 0.2) is 65.2 Å². The van der Waals surface area contributed by atoms with Gasteiger partial charge in [0.25, 0.3) is 0 Å². The van der Waals surface area contributed by atoms with E-state index in [-0.39, 0.29) is 6.03 Å². The lowest BCUT2D eigenvalue weighted by Gasteiger charge is -2.34. The number of hydrogen-bond donors (Lipinski definition) is 2. The fourth-order valence-corrected chi connectivity index (χ4v) is 3.17. The summed E-state index contributed by atoms with van der Waals surface area (Å²) >= 11 is 0. The molecule has 2 N–H and O–H groups in total. The van der Waals surface area contributed by atoms with Crippen LogP contribution in [-0.2, 0) is 0 Å². The van der Waals surface area contributed by atoms with Crippen molar-refractivity contribution in [2.45, 2.75) is 0 Å². The molecule has 0 radical (unpaired) electrons. The Balaban J connectivity index is 1.33. The molecule has 0 saturated carbocycles. The third-order valence-electron chi connectivity index (χ3n) is 4.80. The number of carbonyl (C=O) groups is 1. The summed E-state index contributed by atoms with van der Waals surface area (Å²) in [6.45, 7) is 4.15. The molecule has 3 aromatic rings. The molecule has 2 aromatic carbocycles. The van der Waals surface area contributed by atoms with Crippen LogP contribution in [0.5, 0.6) is 0 Å². The number of benzene rings is 2. The highest BCUT2D eigenvalue weighted by Crippen LogP contribution is 2.22. The number of carbonyl (C=O) groups excluding carboxylic acids is 1. The van der Waals surface area contributed by atoms with E-state index < -0.39 is 0 Å². The number of nitrogens with zero attached hydrogens (tertiary/aromatic N) is 3. The highest BCUT2D eigenvalue weighted by molar-refractivity contribution is 5.99. The van der Waals surface area contributed by atoms with Crippen LogP contribution in [0.3, 0.4) is 0 Å². The van der Waals surface area contributed by atoms with Gasteiger partial charge in [0.1, 0.15) is 0 Å². The number of piperazine rings is 1. The van der Waals surface area contributed by atoms with Gasteiger partial charge in [0.05, 0.1) is 0 Å². The Labute approximate surface area is 163 Å². The fraction of sp³-hybridized carbons (Fsp3) is 0.238. The van der Waals surface area contributed by atoms with Crippen molar-refractivity contribution in [3.8, 4) is 11.3 Å². The first-order chi connectivity index (χ1) is 13.7. The molecule has 7 heteroatoms. The molecule has 2 amide bonds. The zero-order valence-electron chi connectivity index (χ0n) is 15.8. The quantitative estimate of drug-likeness (QED) is 0.725. The monoisotopic (exact) mass is 377 g/mol. The van der Waals surface area contributed by atoms with Gasteiger partial charge in [-0.05, 0) is 31.3 Å². The van der Waals surface area contributed by atoms with E-state index in [1.54, 1.807) is 6.07 Å². The molecule has 144 valence electrons. The Morgan fingerprint density at radius 2 is 1.68 bits per heavy atom. The van der Waals surface area contributed by atoms with Crippen LogP contribution in [0.25, 0.3) is 11.3 Å². The van der Waals surface area contributed by atoms with Crippen molar-refractivity contribution in [1.29, 1.82) is 0 Å². The van der Waals surface area contributed by atoms with E-state index in [1.165, 1.54) is 5.69 Å². The summed E-state index contributed by atoms with van der Waals surface area (Å²) in [6.07, 6.45) is 0. The van der Waals surface area contributed by atoms with Crippen LogP contribution in [0.2, 0.25) is 0 Å². The van der Waals surface area contributed by atoms with Crippen LogP contribution in [-0.4, -0.2) is 49.3 Å². The standard InChI is InChI=1S/C21H23N5O2/c1-25-11-13-26(14-12-25)18-9-7-17(8-10-18)22-21(27)23-20-15-19(28-24-20)16-5-3-2-4-6-16/h2-10,15H,11-14H2,1H3,(H2,22,23,24,27). The number of amides is 2. The summed E-state index contributed by atoms with van der Waals surface area (Å²) < 4.78 is 5.29. The maximum Gasteiger partial charge on any atom is 0.324 e. The van der Waals surface area contributed by atoms with Gasteiger partial charge in [0, 0.05) is 49.2 Å². The average molecular weight is 377 g/mol. The summed E-state index contributed by atoms with van der Waals surface area (Å²) in [5.74, 6) is 0.970. The van der Waals surface area contributed by atoms with Crippen molar-refractivity contribution in [3.05, 3.63) is 60.7 Å². The number of urea groups is 1. The third-order valence-corrected chi connectivity index (χ3v) is 4.80. The smallest absolute Gasteiger partial charge is 0.324 e. The second kappa shape index (κ2) is 8.14. The second-order valence-corrected chi connectivity index (χ2v) is 6.86. The number of rotatable bonds is 4.